The first-order valence-electron chi connectivity index (χ1n) is 12.4. The van der Waals surface area contributed by atoms with Crippen molar-refractivity contribution in [2.24, 2.45) is 0 Å². The van der Waals surface area contributed by atoms with Gasteiger partial charge in [-0.2, -0.15) is 0 Å². The Morgan fingerprint density at radius 1 is 1.00 bits per heavy atom. The first-order valence-corrected chi connectivity index (χ1v) is 12.4. The summed E-state index contributed by atoms with van der Waals surface area (Å²) in [4.78, 5) is 40.8. The minimum absolute atomic E-state index is 0.144. The highest BCUT2D eigenvalue weighted by molar-refractivity contribution is 6.00. The molecule has 0 fully saturated rings. The first kappa shape index (κ1) is 28.5. The van der Waals surface area contributed by atoms with E-state index in [-0.39, 0.29) is 17.9 Å². The van der Waals surface area contributed by atoms with Gasteiger partial charge in [0.2, 0.25) is 5.91 Å². The lowest BCUT2D eigenvalue weighted by Crippen LogP contribution is -2.52. The topological polar surface area (TPSA) is 128 Å². The number of alkyl carbamates (subject to hydrolysis) is 1. The SMILES string of the molecule is Cc1cccc(C(C(=O)Nc2ccc3ccccc3c2)N(CCO)C(=O)C(C)NC(=O)OC(C)(C)C)c1O. The molecule has 2 unspecified atom stereocenters. The van der Waals surface area contributed by atoms with E-state index >= 15 is 0 Å². The van der Waals surface area contributed by atoms with Gasteiger partial charge in [0.15, 0.2) is 0 Å². The van der Waals surface area contributed by atoms with Crippen molar-refractivity contribution >= 4 is 34.4 Å². The van der Waals surface area contributed by atoms with Gasteiger partial charge < -0.3 is 30.5 Å². The summed E-state index contributed by atoms with van der Waals surface area (Å²) in [6.07, 6.45) is -0.794. The zero-order valence-electron chi connectivity index (χ0n) is 22.3. The number of aliphatic hydroxyl groups excluding tert-OH is 1. The van der Waals surface area contributed by atoms with E-state index in [2.05, 4.69) is 10.6 Å². The number of anilines is 1. The molecule has 0 radical (unpaired) electrons. The van der Waals surface area contributed by atoms with Gasteiger partial charge in [0.05, 0.1) is 6.61 Å². The summed E-state index contributed by atoms with van der Waals surface area (Å²) in [5.74, 6) is -1.37. The van der Waals surface area contributed by atoms with Crippen LogP contribution in [0.4, 0.5) is 10.5 Å². The number of hydrogen-bond acceptors (Lipinski definition) is 6. The highest BCUT2D eigenvalue weighted by Crippen LogP contribution is 2.33. The molecule has 3 rings (SSSR count). The predicted molar refractivity (Wildman–Crippen MR) is 146 cm³/mol. The van der Waals surface area contributed by atoms with Gasteiger partial charge in [0.25, 0.3) is 5.91 Å². The van der Waals surface area contributed by atoms with Crippen LogP contribution in [0.3, 0.4) is 0 Å². The predicted octanol–water partition coefficient (Wildman–Crippen LogP) is 4.27. The van der Waals surface area contributed by atoms with E-state index in [9.17, 15) is 24.6 Å². The molecule has 3 amide bonds. The number of hydrogen-bond donors (Lipinski definition) is 4. The zero-order valence-corrected chi connectivity index (χ0v) is 22.3. The normalized spacial score (nSPS) is 12.9. The molecule has 0 spiro atoms. The second-order valence-electron chi connectivity index (χ2n) is 10.1. The Labute approximate surface area is 222 Å². The summed E-state index contributed by atoms with van der Waals surface area (Å²) < 4.78 is 5.25. The van der Waals surface area contributed by atoms with Gasteiger partial charge in [-0.05, 0) is 63.1 Å². The van der Waals surface area contributed by atoms with E-state index in [4.69, 9.17) is 4.74 Å². The standard InChI is InChI=1S/C29H35N3O6/c1-18-9-8-12-23(25(18)34)24(26(35)31-22-14-13-20-10-6-7-11-21(20)17-22)32(15-16-33)27(36)19(2)30-28(37)38-29(3,4)5/h6-14,17,19,24,33-34H,15-16H2,1-5H3,(H,30,37)(H,31,35). The molecule has 2 atom stereocenters. The van der Waals surface area contributed by atoms with Crippen LogP contribution in [0.2, 0.25) is 0 Å². The van der Waals surface area contributed by atoms with E-state index in [0.717, 1.165) is 15.7 Å². The van der Waals surface area contributed by atoms with Crippen LogP contribution >= 0.6 is 0 Å². The number of aliphatic hydroxyl groups is 1. The fourth-order valence-corrected chi connectivity index (χ4v) is 4.10. The minimum Gasteiger partial charge on any atom is -0.507 e. The zero-order chi connectivity index (χ0) is 28.0. The van der Waals surface area contributed by atoms with Crippen molar-refractivity contribution in [2.45, 2.75) is 52.3 Å². The average Bonchev–Trinajstić information content (AvgIpc) is 2.84. The third kappa shape index (κ3) is 7.01. The van der Waals surface area contributed by atoms with Crippen molar-refractivity contribution in [1.82, 2.24) is 10.2 Å². The number of rotatable bonds is 8. The van der Waals surface area contributed by atoms with Gasteiger partial charge in [-0.25, -0.2) is 4.79 Å². The quantitative estimate of drug-likeness (QED) is 0.351. The number of nitrogens with one attached hydrogen (secondary N) is 2. The Morgan fingerprint density at radius 3 is 2.34 bits per heavy atom. The molecule has 9 nitrogen and oxygen atoms in total. The van der Waals surface area contributed by atoms with E-state index in [1.54, 1.807) is 52.0 Å². The minimum atomic E-state index is -1.30. The Morgan fingerprint density at radius 2 is 1.68 bits per heavy atom. The summed E-state index contributed by atoms with van der Waals surface area (Å²) >= 11 is 0. The van der Waals surface area contributed by atoms with Crippen molar-refractivity contribution in [1.29, 1.82) is 0 Å². The number of carbonyl (C=O) groups is 3. The van der Waals surface area contributed by atoms with Crippen LogP contribution in [-0.4, -0.2) is 57.8 Å². The van der Waals surface area contributed by atoms with Crippen molar-refractivity contribution in [2.75, 3.05) is 18.5 Å². The van der Waals surface area contributed by atoms with Gasteiger partial charge in [-0.1, -0.05) is 48.5 Å². The number of phenolic OH excluding ortho intramolecular Hbond substituents is 1. The van der Waals surface area contributed by atoms with E-state index < -0.39 is 42.2 Å². The van der Waals surface area contributed by atoms with Crippen LogP contribution in [0.1, 0.15) is 44.9 Å². The summed E-state index contributed by atoms with van der Waals surface area (Å²) in [6.45, 7) is 7.58. The molecule has 0 aliphatic heterocycles. The summed E-state index contributed by atoms with van der Waals surface area (Å²) in [6, 6.07) is 15.6. The van der Waals surface area contributed by atoms with Crippen molar-refractivity contribution in [3.8, 4) is 5.75 Å². The molecule has 0 saturated carbocycles. The second-order valence-corrected chi connectivity index (χ2v) is 10.1. The smallest absolute Gasteiger partial charge is 0.408 e. The van der Waals surface area contributed by atoms with Crippen LogP contribution in [0, 0.1) is 6.92 Å². The number of amides is 3. The summed E-state index contributed by atoms with van der Waals surface area (Å²) in [7, 11) is 0. The Kier molecular flexibility index (Phi) is 8.96. The molecule has 4 N–H and O–H groups in total. The fourth-order valence-electron chi connectivity index (χ4n) is 4.10. The largest absolute Gasteiger partial charge is 0.507 e. The van der Waals surface area contributed by atoms with Gasteiger partial charge >= 0.3 is 6.09 Å². The number of phenols is 1. The second kappa shape index (κ2) is 12.0. The number of benzene rings is 3. The molecular weight excluding hydrogens is 486 g/mol. The molecule has 9 heteroatoms. The van der Waals surface area contributed by atoms with Crippen LogP contribution in [0.5, 0.6) is 5.75 Å². The van der Waals surface area contributed by atoms with Crippen LogP contribution in [-0.2, 0) is 14.3 Å². The van der Waals surface area contributed by atoms with Crippen LogP contribution < -0.4 is 10.6 Å². The van der Waals surface area contributed by atoms with Crippen molar-refractivity contribution in [3.05, 3.63) is 71.8 Å². The molecule has 202 valence electrons. The summed E-state index contributed by atoms with van der Waals surface area (Å²) in [5.41, 5.74) is 0.437. The Balaban J connectivity index is 1.97. The molecule has 0 aliphatic carbocycles. The molecule has 38 heavy (non-hydrogen) atoms. The van der Waals surface area contributed by atoms with Crippen LogP contribution in [0.25, 0.3) is 10.8 Å². The molecule has 3 aromatic rings. The highest BCUT2D eigenvalue weighted by atomic mass is 16.6. The molecular formula is C29H35N3O6. The third-order valence-electron chi connectivity index (χ3n) is 5.87. The van der Waals surface area contributed by atoms with Crippen LogP contribution in [0.15, 0.2) is 60.7 Å². The van der Waals surface area contributed by atoms with E-state index in [1.165, 1.54) is 6.92 Å². The molecule has 0 aromatic heterocycles. The molecule has 3 aromatic carbocycles. The van der Waals surface area contributed by atoms with Crippen molar-refractivity contribution < 1.29 is 29.3 Å². The first-order chi connectivity index (χ1) is 17.9. The van der Waals surface area contributed by atoms with Gasteiger partial charge in [-0.15, -0.1) is 0 Å². The van der Waals surface area contributed by atoms with Gasteiger partial charge in [-0.3, -0.25) is 9.59 Å². The maximum absolute atomic E-state index is 13.8. The molecule has 0 aliphatic rings. The Hall–Kier alpha value is -4.11. The van der Waals surface area contributed by atoms with Gasteiger partial charge in [0.1, 0.15) is 23.4 Å². The maximum Gasteiger partial charge on any atom is 0.408 e. The van der Waals surface area contributed by atoms with Crippen molar-refractivity contribution in [3.63, 3.8) is 0 Å². The number of carbonyl (C=O) groups excluding carboxylic acids is 3. The van der Waals surface area contributed by atoms with Gasteiger partial charge in [0, 0.05) is 17.8 Å². The lowest BCUT2D eigenvalue weighted by Gasteiger charge is -2.33. The average molecular weight is 522 g/mol. The number of aromatic hydroxyl groups is 1. The Bertz CT molecular complexity index is 1320. The molecule has 0 heterocycles. The number of ether oxygens (including phenoxy) is 1. The van der Waals surface area contributed by atoms with E-state index in [1.807, 2.05) is 36.4 Å². The monoisotopic (exact) mass is 521 g/mol. The highest BCUT2D eigenvalue weighted by Gasteiger charge is 2.36. The summed E-state index contributed by atoms with van der Waals surface area (Å²) in [5, 5.41) is 27.9. The van der Waals surface area contributed by atoms with E-state index in [0.29, 0.717) is 11.3 Å². The number of aryl methyl sites for hydroxylation is 1. The lowest BCUT2D eigenvalue weighted by molar-refractivity contribution is -0.141. The third-order valence-corrected chi connectivity index (χ3v) is 5.87. The fraction of sp³-hybridized carbons (Fsp3) is 0.345. The number of fused-ring (bicyclic) bond motifs is 1. The number of nitrogens with zero attached hydrogens (tertiary/aromatic N) is 1. The lowest BCUT2D eigenvalue weighted by atomic mass is 9.99. The molecule has 0 bridgehead atoms. The number of para-hydroxylation sites is 1. The maximum atomic E-state index is 13.8. The molecule has 0 saturated heterocycles.